The zero-order valence-corrected chi connectivity index (χ0v) is 13.6. The lowest BCUT2D eigenvalue weighted by Crippen LogP contribution is -2.34. The molecular weight excluding hydrogens is 302 g/mol. The topological polar surface area (TPSA) is 86.5 Å². The average Bonchev–Trinajstić information content (AvgIpc) is 2.87. The summed E-state index contributed by atoms with van der Waals surface area (Å²) in [5.41, 5.74) is 7.18. The number of rotatable bonds is 5. The molecule has 0 saturated carbocycles. The van der Waals surface area contributed by atoms with Crippen LogP contribution in [0.25, 0.3) is 10.9 Å². The summed E-state index contributed by atoms with van der Waals surface area (Å²) < 4.78 is 0. The molecule has 0 bridgehead atoms. The van der Waals surface area contributed by atoms with Crippen molar-refractivity contribution >= 4 is 35.2 Å². The highest BCUT2D eigenvalue weighted by Crippen LogP contribution is 2.18. The lowest BCUT2D eigenvalue weighted by Gasteiger charge is -2.09. The van der Waals surface area contributed by atoms with Gasteiger partial charge in [0.25, 0.3) is 5.91 Å². The Hall–Kier alpha value is -2.05. The smallest absolute Gasteiger partial charge is 0.282 e. The maximum atomic E-state index is 12.1. The number of H-pyrrole nitrogens is 1. The minimum atomic E-state index is -0.343. The average molecular weight is 324 g/mol. The quantitative estimate of drug-likeness (QED) is 0.443. The van der Waals surface area contributed by atoms with Crippen LogP contribution >= 0.6 is 12.4 Å². The lowest BCUT2D eigenvalue weighted by molar-refractivity contribution is 0.100. The van der Waals surface area contributed by atoms with Crippen LogP contribution in [0, 0.1) is 0 Å². The molecule has 0 fully saturated rings. The first-order chi connectivity index (χ1) is 10.1. The molecule has 0 unspecified atom stereocenters. The molecule has 0 aliphatic rings. The summed E-state index contributed by atoms with van der Waals surface area (Å²) in [4.78, 5) is 21.2. The van der Waals surface area contributed by atoms with Crippen molar-refractivity contribution in [3.05, 3.63) is 36.0 Å². The second-order valence-corrected chi connectivity index (χ2v) is 5.13. The Bertz CT molecular complexity index is 650. The van der Waals surface area contributed by atoms with Crippen LogP contribution in [0.3, 0.4) is 0 Å². The van der Waals surface area contributed by atoms with Crippen molar-refractivity contribution in [3.63, 3.8) is 0 Å². The summed E-state index contributed by atoms with van der Waals surface area (Å²) in [6, 6.07) is 7.60. The number of aromatic nitrogens is 1. The zero-order valence-electron chi connectivity index (χ0n) is 12.8. The number of benzene rings is 1. The number of nitrogens with one attached hydrogen (secondary N) is 2. The fraction of sp³-hybridized carbons (Fsp3) is 0.333. The van der Waals surface area contributed by atoms with Crippen molar-refractivity contribution in [3.8, 4) is 0 Å². The third-order valence-electron chi connectivity index (χ3n) is 3.13. The molecule has 0 radical (unpaired) electrons. The van der Waals surface area contributed by atoms with E-state index in [1.165, 1.54) is 0 Å². The third kappa shape index (κ3) is 4.75. The van der Waals surface area contributed by atoms with Gasteiger partial charge in [-0.1, -0.05) is 18.2 Å². The van der Waals surface area contributed by atoms with Crippen molar-refractivity contribution in [2.75, 3.05) is 27.2 Å². The van der Waals surface area contributed by atoms with Crippen LogP contribution in [-0.4, -0.2) is 48.9 Å². The predicted octanol–water partition coefficient (Wildman–Crippen LogP) is 1.59. The summed E-state index contributed by atoms with van der Waals surface area (Å²) in [5, 5.41) is 3.80. The first-order valence-electron chi connectivity index (χ1n) is 6.91. The highest BCUT2D eigenvalue weighted by molar-refractivity contribution is 6.10. The van der Waals surface area contributed by atoms with E-state index in [1.807, 2.05) is 38.4 Å². The van der Waals surface area contributed by atoms with E-state index < -0.39 is 0 Å². The van der Waals surface area contributed by atoms with Crippen LogP contribution in [0.15, 0.2) is 35.5 Å². The summed E-state index contributed by atoms with van der Waals surface area (Å²) in [6.07, 6.45) is 2.60. The highest BCUT2D eigenvalue weighted by atomic mass is 35.5. The highest BCUT2D eigenvalue weighted by Gasteiger charge is 2.11. The van der Waals surface area contributed by atoms with Gasteiger partial charge in [0.15, 0.2) is 5.96 Å². The van der Waals surface area contributed by atoms with Crippen LogP contribution in [0.5, 0.6) is 0 Å². The fourth-order valence-corrected chi connectivity index (χ4v) is 2.07. The van der Waals surface area contributed by atoms with Gasteiger partial charge in [-0.15, -0.1) is 12.4 Å². The Morgan fingerprint density at radius 1 is 1.36 bits per heavy atom. The number of amides is 1. The van der Waals surface area contributed by atoms with Gasteiger partial charge in [0, 0.05) is 23.6 Å². The third-order valence-corrected chi connectivity index (χ3v) is 3.13. The molecule has 1 heterocycles. The molecule has 2 aromatic rings. The number of carbonyl (C=O) groups excluding carboxylic acids is 1. The second-order valence-electron chi connectivity index (χ2n) is 5.13. The van der Waals surface area contributed by atoms with Crippen molar-refractivity contribution in [1.82, 2.24) is 15.2 Å². The molecule has 1 aromatic carbocycles. The van der Waals surface area contributed by atoms with E-state index in [4.69, 9.17) is 5.73 Å². The number of carbonyl (C=O) groups is 1. The van der Waals surface area contributed by atoms with Gasteiger partial charge in [-0.25, -0.2) is 0 Å². The normalized spacial score (nSPS) is 11.5. The van der Waals surface area contributed by atoms with Crippen molar-refractivity contribution in [1.29, 1.82) is 0 Å². The van der Waals surface area contributed by atoms with E-state index >= 15 is 0 Å². The molecule has 0 aliphatic heterocycles. The largest absolute Gasteiger partial charge is 0.370 e. The number of guanidine groups is 1. The maximum absolute atomic E-state index is 12.1. The molecule has 22 heavy (non-hydrogen) atoms. The number of para-hydroxylation sites is 1. The Morgan fingerprint density at radius 2 is 2.09 bits per heavy atom. The molecule has 0 atom stereocenters. The number of aliphatic imine (C=N–C) groups is 1. The molecule has 1 aromatic heterocycles. The first kappa shape index (κ1) is 18.0. The summed E-state index contributed by atoms with van der Waals surface area (Å²) >= 11 is 0. The van der Waals surface area contributed by atoms with Gasteiger partial charge in [0.2, 0.25) is 0 Å². The van der Waals surface area contributed by atoms with E-state index in [-0.39, 0.29) is 24.3 Å². The number of hydrogen-bond acceptors (Lipinski definition) is 2. The lowest BCUT2D eigenvalue weighted by atomic mass is 10.2. The van der Waals surface area contributed by atoms with Gasteiger partial charge in [-0.05, 0) is 33.1 Å². The number of hydrogen-bond donors (Lipinski definition) is 3. The molecule has 120 valence electrons. The van der Waals surface area contributed by atoms with Gasteiger partial charge in [0.1, 0.15) is 0 Å². The van der Waals surface area contributed by atoms with Crippen LogP contribution in [-0.2, 0) is 0 Å². The molecule has 4 N–H and O–H groups in total. The van der Waals surface area contributed by atoms with E-state index in [0.717, 1.165) is 23.9 Å². The Labute approximate surface area is 136 Å². The van der Waals surface area contributed by atoms with E-state index in [2.05, 4.69) is 20.2 Å². The SMILES string of the molecule is CN(C)CCCNC(N)=NC(=O)c1c[nH]c2ccccc12.Cl. The number of halogens is 1. The molecule has 0 saturated heterocycles. The number of nitrogens with zero attached hydrogens (tertiary/aromatic N) is 2. The fourth-order valence-electron chi connectivity index (χ4n) is 2.07. The summed E-state index contributed by atoms with van der Waals surface area (Å²) in [6.45, 7) is 1.64. The van der Waals surface area contributed by atoms with Gasteiger partial charge in [-0.3, -0.25) is 4.79 Å². The van der Waals surface area contributed by atoms with Crippen LogP contribution in [0.4, 0.5) is 0 Å². The van der Waals surface area contributed by atoms with Crippen LogP contribution in [0.1, 0.15) is 16.8 Å². The Balaban J connectivity index is 0.00000242. The van der Waals surface area contributed by atoms with Gasteiger partial charge in [0.05, 0.1) is 5.56 Å². The van der Waals surface area contributed by atoms with Crippen molar-refractivity contribution in [2.45, 2.75) is 6.42 Å². The zero-order chi connectivity index (χ0) is 15.2. The van der Waals surface area contributed by atoms with Crippen LogP contribution in [0.2, 0.25) is 0 Å². The minimum absolute atomic E-state index is 0. The van der Waals surface area contributed by atoms with E-state index in [0.29, 0.717) is 12.1 Å². The Kier molecular flexibility index (Phi) is 6.88. The molecule has 1 amide bonds. The summed E-state index contributed by atoms with van der Waals surface area (Å²) in [7, 11) is 4.02. The number of nitrogens with two attached hydrogens (primary N) is 1. The maximum Gasteiger partial charge on any atom is 0.282 e. The second kappa shape index (κ2) is 8.41. The molecule has 7 heteroatoms. The summed E-state index contributed by atoms with van der Waals surface area (Å²) in [5.74, 6) is -0.186. The van der Waals surface area contributed by atoms with Gasteiger partial charge < -0.3 is 20.9 Å². The number of aromatic amines is 1. The molecule has 6 nitrogen and oxygen atoms in total. The van der Waals surface area contributed by atoms with Crippen LogP contribution < -0.4 is 11.1 Å². The molecular formula is C15H22ClN5O. The van der Waals surface area contributed by atoms with Gasteiger partial charge in [-0.2, -0.15) is 4.99 Å². The molecule has 0 aliphatic carbocycles. The van der Waals surface area contributed by atoms with Crippen molar-refractivity contribution < 1.29 is 4.79 Å². The van der Waals surface area contributed by atoms with Crippen molar-refractivity contribution in [2.24, 2.45) is 10.7 Å². The van der Waals surface area contributed by atoms with E-state index in [9.17, 15) is 4.79 Å². The van der Waals surface area contributed by atoms with E-state index in [1.54, 1.807) is 6.20 Å². The monoisotopic (exact) mass is 323 g/mol. The molecule has 2 rings (SSSR count). The number of fused-ring (bicyclic) bond motifs is 1. The standard InChI is InChI=1S/C15H21N5O.ClH/c1-20(2)9-5-8-17-15(16)19-14(21)12-10-18-13-7-4-3-6-11(12)13;/h3-4,6-7,10,18H,5,8-9H2,1-2H3,(H3,16,17,19,21);1H. The Morgan fingerprint density at radius 3 is 2.82 bits per heavy atom. The predicted molar refractivity (Wildman–Crippen MR) is 92.7 cm³/mol. The first-order valence-corrected chi connectivity index (χ1v) is 6.91. The molecule has 0 spiro atoms. The minimum Gasteiger partial charge on any atom is -0.370 e. The van der Waals surface area contributed by atoms with Gasteiger partial charge >= 0.3 is 0 Å².